The Kier molecular flexibility index (Phi) is 7.39. The molecule has 9 nitrogen and oxygen atoms in total. The van der Waals surface area contributed by atoms with Crippen molar-refractivity contribution in [1.29, 1.82) is 0 Å². The van der Waals surface area contributed by atoms with E-state index in [0.29, 0.717) is 23.1 Å². The summed E-state index contributed by atoms with van der Waals surface area (Å²) in [4.78, 5) is 15.5. The zero-order valence-electron chi connectivity index (χ0n) is 17.3. The quantitative estimate of drug-likeness (QED) is 0.268. The largest absolute Gasteiger partial charge is 0.497 e. The number of nitrogens with one attached hydrogen (secondary N) is 1. The summed E-state index contributed by atoms with van der Waals surface area (Å²) in [6.45, 7) is 4.19. The molecule has 0 radical (unpaired) electrons. The van der Waals surface area contributed by atoms with Gasteiger partial charge >= 0.3 is 5.69 Å². The van der Waals surface area contributed by atoms with Crippen molar-refractivity contribution in [3.63, 3.8) is 0 Å². The first-order valence-corrected chi connectivity index (χ1v) is 10.4. The summed E-state index contributed by atoms with van der Waals surface area (Å²) in [5, 5.41) is 18.1. The fourth-order valence-corrected chi connectivity index (χ4v) is 3.44. The van der Waals surface area contributed by atoms with E-state index in [0.717, 1.165) is 17.0 Å². The molecule has 1 aromatic heterocycles. The first-order chi connectivity index (χ1) is 15.0. The summed E-state index contributed by atoms with van der Waals surface area (Å²) in [6.07, 6.45) is 1.47. The Morgan fingerprint density at radius 1 is 1.23 bits per heavy atom. The molecule has 0 atom stereocenters. The van der Waals surface area contributed by atoms with Crippen LogP contribution in [-0.4, -0.2) is 36.4 Å². The molecule has 0 spiro atoms. The summed E-state index contributed by atoms with van der Waals surface area (Å²) in [7, 11) is 1.62. The van der Waals surface area contributed by atoms with Crippen molar-refractivity contribution in [2.24, 2.45) is 5.10 Å². The van der Waals surface area contributed by atoms with Gasteiger partial charge in [0.2, 0.25) is 10.9 Å². The molecule has 0 saturated heterocycles. The molecule has 0 bridgehead atoms. The summed E-state index contributed by atoms with van der Waals surface area (Å²) < 4.78 is 16.2. The third kappa shape index (κ3) is 5.48. The van der Waals surface area contributed by atoms with Crippen LogP contribution >= 0.6 is 11.3 Å². The van der Waals surface area contributed by atoms with Crippen LogP contribution in [0.1, 0.15) is 19.4 Å². The van der Waals surface area contributed by atoms with E-state index in [-0.39, 0.29) is 18.0 Å². The van der Waals surface area contributed by atoms with Crippen molar-refractivity contribution < 1.29 is 19.1 Å². The minimum Gasteiger partial charge on any atom is -0.497 e. The Morgan fingerprint density at radius 3 is 2.74 bits per heavy atom. The van der Waals surface area contributed by atoms with Gasteiger partial charge in [-0.2, -0.15) is 5.10 Å². The SMILES string of the molecule is CCOc1cc(/C=N\Nc2nc(-c3cccc(OC)c3)cs2)cc([N+](=O)[O-])c1OCC. The number of methoxy groups -OCH3 is 1. The second-order valence-corrected chi connectivity index (χ2v) is 6.99. The van der Waals surface area contributed by atoms with Gasteiger partial charge in [0.1, 0.15) is 5.75 Å². The Balaban J connectivity index is 1.79. The van der Waals surface area contributed by atoms with Crippen LogP contribution in [0.25, 0.3) is 11.3 Å². The first-order valence-electron chi connectivity index (χ1n) is 9.52. The van der Waals surface area contributed by atoms with Crippen LogP contribution in [0.5, 0.6) is 17.2 Å². The topological polar surface area (TPSA) is 108 Å². The third-order valence-corrected chi connectivity index (χ3v) is 4.83. The van der Waals surface area contributed by atoms with E-state index >= 15 is 0 Å². The van der Waals surface area contributed by atoms with Gasteiger partial charge in [0.25, 0.3) is 0 Å². The number of thiazole rings is 1. The summed E-state index contributed by atoms with van der Waals surface area (Å²) >= 11 is 1.39. The molecule has 10 heteroatoms. The molecule has 0 aliphatic heterocycles. The molecule has 1 N–H and O–H groups in total. The lowest BCUT2D eigenvalue weighted by atomic mass is 10.2. The predicted molar refractivity (Wildman–Crippen MR) is 121 cm³/mol. The summed E-state index contributed by atoms with van der Waals surface area (Å²) in [5.41, 5.74) is 4.89. The number of nitro benzene ring substituents is 1. The number of anilines is 1. The van der Waals surface area contributed by atoms with E-state index in [1.54, 1.807) is 27.0 Å². The fraction of sp³-hybridized carbons (Fsp3) is 0.238. The highest BCUT2D eigenvalue weighted by molar-refractivity contribution is 7.14. The van der Waals surface area contributed by atoms with E-state index in [1.807, 2.05) is 29.6 Å². The van der Waals surface area contributed by atoms with Crippen LogP contribution in [0.15, 0.2) is 46.9 Å². The number of hydrazone groups is 1. The molecule has 0 aliphatic carbocycles. The minimum atomic E-state index is -0.500. The van der Waals surface area contributed by atoms with E-state index in [1.165, 1.54) is 23.6 Å². The van der Waals surface area contributed by atoms with Crippen molar-refractivity contribution in [2.45, 2.75) is 13.8 Å². The van der Waals surface area contributed by atoms with Gasteiger partial charge in [0.05, 0.1) is 37.2 Å². The molecule has 162 valence electrons. The van der Waals surface area contributed by atoms with Crippen molar-refractivity contribution in [1.82, 2.24) is 4.98 Å². The number of hydrogen-bond donors (Lipinski definition) is 1. The van der Waals surface area contributed by atoms with Crippen molar-refractivity contribution in [3.05, 3.63) is 57.5 Å². The Labute approximate surface area is 183 Å². The number of aromatic nitrogens is 1. The van der Waals surface area contributed by atoms with Crippen LogP contribution in [0.2, 0.25) is 0 Å². The highest BCUT2D eigenvalue weighted by atomic mass is 32.1. The molecule has 0 aliphatic rings. The lowest BCUT2D eigenvalue weighted by Crippen LogP contribution is -2.03. The molecular weight excluding hydrogens is 420 g/mol. The molecule has 0 unspecified atom stereocenters. The van der Waals surface area contributed by atoms with Crippen LogP contribution in [0.4, 0.5) is 10.8 Å². The van der Waals surface area contributed by atoms with E-state index < -0.39 is 4.92 Å². The molecule has 2 aromatic carbocycles. The van der Waals surface area contributed by atoms with Gasteiger partial charge in [-0.05, 0) is 32.0 Å². The predicted octanol–water partition coefficient (Wildman–Crippen LogP) is 4.97. The molecule has 3 aromatic rings. The number of ether oxygens (including phenoxy) is 3. The summed E-state index contributed by atoms with van der Waals surface area (Å²) in [6, 6.07) is 10.6. The number of nitrogens with zero attached hydrogens (tertiary/aromatic N) is 3. The maximum Gasteiger partial charge on any atom is 0.315 e. The second kappa shape index (κ2) is 10.4. The van der Waals surface area contributed by atoms with Crippen molar-refractivity contribution >= 4 is 28.4 Å². The van der Waals surface area contributed by atoms with Crippen LogP contribution < -0.4 is 19.6 Å². The van der Waals surface area contributed by atoms with E-state index in [4.69, 9.17) is 14.2 Å². The zero-order chi connectivity index (χ0) is 22.2. The van der Waals surface area contributed by atoms with Gasteiger partial charge in [-0.3, -0.25) is 15.5 Å². The van der Waals surface area contributed by atoms with Crippen molar-refractivity contribution in [3.8, 4) is 28.5 Å². The number of benzene rings is 2. The maximum atomic E-state index is 11.5. The van der Waals surface area contributed by atoms with Crippen LogP contribution in [-0.2, 0) is 0 Å². The second-order valence-electron chi connectivity index (χ2n) is 6.13. The molecule has 0 amide bonds. The maximum absolute atomic E-state index is 11.5. The van der Waals surface area contributed by atoms with Gasteiger partial charge in [0, 0.05) is 22.6 Å². The van der Waals surface area contributed by atoms with Crippen LogP contribution in [0, 0.1) is 10.1 Å². The van der Waals surface area contributed by atoms with E-state index in [2.05, 4.69) is 15.5 Å². The van der Waals surface area contributed by atoms with Gasteiger partial charge in [-0.15, -0.1) is 11.3 Å². The molecule has 0 fully saturated rings. The minimum absolute atomic E-state index is 0.113. The molecule has 3 rings (SSSR count). The van der Waals surface area contributed by atoms with Gasteiger partial charge in [0.15, 0.2) is 5.75 Å². The van der Waals surface area contributed by atoms with Gasteiger partial charge in [-0.1, -0.05) is 12.1 Å². The highest BCUT2D eigenvalue weighted by Gasteiger charge is 2.22. The lowest BCUT2D eigenvalue weighted by Gasteiger charge is -2.11. The first kappa shape index (κ1) is 22.0. The highest BCUT2D eigenvalue weighted by Crippen LogP contribution is 2.38. The molecule has 1 heterocycles. The average molecular weight is 442 g/mol. The number of nitro groups is 1. The van der Waals surface area contributed by atoms with Crippen molar-refractivity contribution in [2.75, 3.05) is 25.7 Å². The average Bonchev–Trinajstić information content (AvgIpc) is 3.24. The Morgan fingerprint density at radius 2 is 2.03 bits per heavy atom. The normalized spacial score (nSPS) is 10.8. The smallest absolute Gasteiger partial charge is 0.315 e. The Hall–Kier alpha value is -3.66. The third-order valence-electron chi connectivity index (χ3n) is 4.09. The fourth-order valence-electron chi connectivity index (χ4n) is 2.77. The van der Waals surface area contributed by atoms with Gasteiger partial charge < -0.3 is 14.2 Å². The Bertz CT molecular complexity index is 1080. The summed E-state index contributed by atoms with van der Waals surface area (Å²) in [5.74, 6) is 1.16. The van der Waals surface area contributed by atoms with E-state index in [9.17, 15) is 10.1 Å². The number of rotatable bonds is 10. The number of hydrogen-bond acceptors (Lipinski definition) is 9. The van der Waals surface area contributed by atoms with Crippen LogP contribution in [0.3, 0.4) is 0 Å². The molecule has 31 heavy (non-hydrogen) atoms. The zero-order valence-corrected chi connectivity index (χ0v) is 18.1. The standard InChI is InChI=1S/C21H22N4O5S/c1-4-29-19-10-14(9-18(25(26)27)20(19)30-5-2)12-22-24-21-23-17(13-31-21)15-7-6-8-16(11-15)28-3/h6-13H,4-5H2,1-3H3,(H,23,24)/b22-12-. The van der Waals surface area contributed by atoms with Gasteiger partial charge in [-0.25, -0.2) is 4.98 Å². The monoisotopic (exact) mass is 442 g/mol. The molecular formula is C21H22N4O5S. The lowest BCUT2D eigenvalue weighted by molar-refractivity contribution is -0.385. The molecule has 0 saturated carbocycles.